The minimum absolute atomic E-state index is 0.218. The number of benzene rings is 1. The molecule has 0 amide bonds. The fraction of sp³-hybridized carbons (Fsp3) is 0.455. The summed E-state index contributed by atoms with van der Waals surface area (Å²) in [6, 6.07) is 3.49. The van der Waals surface area contributed by atoms with Gasteiger partial charge in [0.15, 0.2) is 0 Å². The third-order valence-electron chi connectivity index (χ3n) is 2.26. The Hall–Kier alpha value is -1.14. The maximum atomic E-state index is 13.4. The first-order chi connectivity index (χ1) is 7.83. The maximum Gasteiger partial charge on any atom is 0.243 e. The highest BCUT2D eigenvalue weighted by molar-refractivity contribution is 7.89. The lowest BCUT2D eigenvalue weighted by atomic mass is 10.1. The molecule has 0 bridgehead atoms. The average molecular weight is 260 g/mol. The lowest BCUT2D eigenvalue weighted by Gasteiger charge is -2.09. The van der Waals surface area contributed by atoms with Crippen molar-refractivity contribution < 1.29 is 12.8 Å². The molecule has 17 heavy (non-hydrogen) atoms. The van der Waals surface area contributed by atoms with Crippen LogP contribution in [0.3, 0.4) is 0 Å². The topological polar surface area (TPSA) is 72.2 Å². The normalized spacial score (nSPS) is 12.0. The highest BCUT2D eigenvalue weighted by Crippen LogP contribution is 2.17. The highest BCUT2D eigenvalue weighted by atomic mass is 32.2. The number of hydrogen-bond acceptors (Lipinski definition) is 3. The van der Waals surface area contributed by atoms with E-state index in [-0.39, 0.29) is 12.2 Å². The fourth-order valence-electron chi connectivity index (χ4n) is 1.29. The zero-order valence-corrected chi connectivity index (χ0v) is 10.7. The molecular formula is C11H17FN2O2S. The quantitative estimate of drug-likeness (QED) is 0.792. The first-order valence-corrected chi connectivity index (χ1v) is 6.86. The third-order valence-corrected chi connectivity index (χ3v) is 3.73. The van der Waals surface area contributed by atoms with Gasteiger partial charge in [-0.05, 0) is 30.5 Å². The number of anilines is 1. The standard InChI is InChI=1S/C11H17FN2O2S/c1-8(2)5-6-14-17(15,16)11-7-9(13)3-4-10(11)12/h3-4,7-8,14H,5-6,13H2,1-2H3. The molecule has 0 saturated carbocycles. The van der Waals surface area contributed by atoms with Crippen molar-refractivity contribution in [2.75, 3.05) is 12.3 Å². The number of hydrogen-bond donors (Lipinski definition) is 2. The SMILES string of the molecule is CC(C)CCNS(=O)(=O)c1cc(N)ccc1F. The minimum atomic E-state index is -3.81. The molecule has 0 radical (unpaired) electrons. The molecule has 6 heteroatoms. The summed E-state index contributed by atoms with van der Waals surface area (Å²) in [6.07, 6.45) is 0.698. The second kappa shape index (κ2) is 5.46. The van der Waals surface area contributed by atoms with Gasteiger partial charge in [0.1, 0.15) is 10.7 Å². The third kappa shape index (κ3) is 3.98. The van der Waals surface area contributed by atoms with Gasteiger partial charge in [0.2, 0.25) is 10.0 Å². The summed E-state index contributed by atoms with van der Waals surface area (Å²) in [7, 11) is -3.81. The van der Waals surface area contributed by atoms with Gasteiger partial charge in [0, 0.05) is 12.2 Å². The number of halogens is 1. The second-order valence-electron chi connectivity index (χ2n) is 4.27. The zero-order valence-electron chi connectivity index (χ0n) is 9.90. The van der Waals surface area contributed by atoms with Crippen LogP contribution in [0.5, 0.6) is 0 Å². The lowest BCUT2D eigenvalue weighted by molar-refractivity contribution is 0.540. The predicted octanol–water partition coefficient (Wildman–Crippen LogP) is 1.73. The van der Waals surface area contributed by atoms with Gasteiger partial charge in [0.05, 0.1) is 0 Å². The molecule has 0 heterocycles. The monoisotopic (exact) mass is 260 g/mol. The number of sulfonamides is 1. The zero-order chi connectivity index (χ0) is 13.1. The van der Waals surface area contributed by atoms with Gasteiger partial charge in [-0.15, -0.1) is 0 Å². The summed E-state index contributed by atoms with van der Waals surface area (Å²) in [4.78, 5) is -0.402. The molecule has 0 aromatic heterocycles. The van der Waals surface area contributed by atoms with E-state index < -0.39 is 20.7 Å². The second-order valence-corrected chi connectivity index (χ2v) is 6.01. The van der Waals surface area contributed by atoms with Crippen molar-refractivity contribution in [3.63, 3.8) is 0 Å². The van der Waals surface area contributed by atoms with Crippen molar-refractivity contribution in [3.05, 3.63) is 24.0 Å². The molecule has 4 nitrogen and oxygen atoms in total. The molecule has 0 spiro atoms. The molecule has 1 aromatic carbocycles. The van der Waals surface area contributed by atoms with Crippen LogP contribution in [0.1, 0.15) is 20.3 Å². The van der Waals surface area contributed by atoms with Crippen molar-refractivity contribution in [1.29, 1.82) is 0 Å². The Balaban J connectivity index is 2.86. The van der Waals surface area contributed by atoms with Gasteiger partial charge in [-0.25, -0.2) is 17.5 Å². The van der Waals surface area contributed by atoms with Crippen LogP contribution in [0.4, 0.5) is 10.1 Å². The Morgan fingerprint density at radius 3 is 2.65 bits per heavy atom. The molecule has 1 aromatic rings. The first-order valence-electron chi connectivity index (χ1n) is 5.37. The van der Waals surface area contributed by atoms with E-state index in [9.17, 15) is 12.8 Å². The molecule has 0 unspecified atom stereocenters. The van der Waals surface area contributed by atoms with Gasteiger partial charge in [-0.3, -0.25) is 0 Å². The van der Waals surface area contributed by atoms with E-state index in [1.54, 1.807) is 0 Å². The van der Waals surface area contributed by atoms with Crippen LogP contribution in [-0.2, 0) is 10.0 Å². The van der Waals surface area contributed by atoms with Crippen molar-refractivity contribution >= 4 is 15.7 Å². The molecule has 96 valence electrons. The Kier molecular flexibility index (Phi) is 4.47. The van der Waals surface area contributed by atoms with Gasteiger partial charge < -0.3 is 5.73 Å². The van der Waals surface area contributed by atoms with Crippen LogP contribution < -0.4 is 10.5 Å². The van der Waals surface area contributed by atoms with E-state index in [1.807, 2.05) is 13.8 Å². The minimum Gasteiger partial charge on any atom is -0.399 e. The Morgan fingerprint density at radius 1 is 1.41 bits per heavy atom. The highest BCUT2D eigenvalue weighted by Gasteiger charge is 2.18. The lowest BCUT2D eigenvalue weighted by Crippen LogP contribution is -2.26. The van der Waals surface area contributed by atoms with E-state index in [0.717, 1.165) is 12.1 Å². The van der Waals surface area contributed by atoms with Crippen LogP contribution in [0.15, 0.2) is 23.1 Å². The van der Waals surface area contributed by atoms with Crippen molar-refractivity contribution in [2.45, 2.75) is 25.2 Å². The Labute approximate surface area is 101 Å². The number of nitrogens with two attached hydrogens (primary N) is 1. The fourth-order valence-corrected chi connectivity index (χ4v) is 2.44. The summed E-state index contributed by atoms with van der Waals surface area (Å²) < 4.78 is 39.3. The summed E-state index contributed by atoms with van der Waals surface area (Å²) in [6.45, 7) is 4.25. The van der Waals surface area contributed by atoms with Gasteiger partial charge in [-0.2, -0.15) is 0 Å². The predicted molar refractivity (Wildman–Crippen MR) is 65.5 cm³/mol. The number of nitrogens with one attached hydrogen (secondary N) is 1. The summed E-state index contributed by atoms with van der Waals surface area (Å²) in [5.74, 6) is -0.417. The van der Waals surface area contributed by atoms with E-state index in [4.69, 9.17) is 5.73 Å². The smallest absolute Gasteiger partial charge is 0.243 e. The van der Waals surface area contributed by atoms with Crippen LogP contribution in [0.2, 0.25) is 0 Å². The van der Waals surface area contributed by atoms with Gasteiger partial charge in [0.25, 0.3) is 0 Å². The summed E-state index contributed by atoms with van der Waals surface area (Å²) in [5.41, 5.74) is 5.66. The number of nitrogen functional groups attached to an aromatic ring is 1. The molecule has 0 aliphatic heterocycles. The van der Waals surface area contributed by atoms with Gasteiger partial charge in [-0.1, -0.05) is 13.8 Å². The molecule has 0 aliphatic rings. The molecule has 3 N–H and O–H groups in total. The van der Waals surface area contributed by atoms with Crippen molar-refractivity contribution in [2.24, 2.45) is 5.92 Å². The molecule has 0 atom stereocenters. The summed E-state index contributed by atoms with van der Waals surface area (Å²) in [5, 5.41) is 0. The molecule has 1 rings (SSSR count). The molecular weight excluding hydrogens is 243 g/mol. The Morgan fingerprint density at radius 2 is 2.06 bits per heavy atom. The van der Waals surface area contributed by atoms with Gasteiger partial charge >= 0.3 is 0 Å². The average Bonchev–Trinajstić information content (AvgIpc) is 2.20. The summed E-state index contributed by atoms with van der Waals surface area (Å²) >= 11 is 0. The van der Waals surface area contributed by atoms with E-state index >= 15 is 0 Å². The van der Waals surface area contributed by atoms with Crippen molar-refractivity contribution in [1.82, 2.24) is 4.72 Å². The number of rotatable bonds is 5. The van der Waals surface area contributed by atoms with Crippen LogP contribution in [-0.4, -0.2) is 15.0 Å². The van der Waals surface area contributed by atoms with Crippen LogP contribution in [0, 0.1) is 11.7 Å². The first kappa shape index (κ1) is 13.9. The van der Waals surface area contributed by atoms with Crippen LogP contribution >= 0.6 is 0 Å². The molecule has 0 saturated heterocycles. The molecule has 0 fully saturated rings. The van der Waals surface area contributed by atoms with E-state index in [2.05, 4.69) is 4.72 Å². The molecule has 0 aliphatic carbocycles. The maximum absolute atomic E-state index is 13.4. The van der Waals surface area contributed by atoms with Crippen LogP contribution in [0.25, 0.3) is 0 Å². The largest absolute Gasteiger partial charge is 0.399 e. The van der Waals surface area contributed by atoms with E-state index in [1.165, 1.54) is 6.07 Å². The Bertz CT molecular complexity index is 486. The van der Waals surface area contributed by atoms with Crippen molar-refractivity contribution in [3.8, 4) is 0 Å². The van der Waals surface area contributed by atoms with E-state index in [0.29, 0.717) is 12.3 Å².